The molecule has 1 heterocycles. The summed E-state index contributed by atoms with van der Waals surface area (Å²) in [6.07, 6.45) is 1.25. The standard InChI is InChI=1S/C9H13N3O3/c1-6-7(9(14)15)4-10-12(6)5-8(13)11(2)3/h4H,5H2,1-3H3,(H,14,15). The number of nitrogens with zero attached hydrogens (tertiary/aromatic N) is 3. The number of hydrogen-bond donors (Lipinski definition) is 1. The Morgan fingerprint density at radius 1 is 1.53 bits per heavy atom. The molecule has 1 aromatic heterocycles. The summed E-state index contributed by atoms with van der Waals surface area (Å²) in [6, 6.07) is 0. The van der Waals surface area contributed by atoms with E-state index in [1.807, 2.05) is 0 Å². The molecule has 82 valence electrons. The number of carbonyl (C=O) groups is 2. The lowest BCUT2D eigenvalue weighted by molar-refractivity contribution is -0.129. The van der Waals surface area contributed by atoms with Crippen LogP contribution in [0.1, 0.15) is 16.1 Å². The molecule has 0 bridgehead atoms. The lowest BCUT2D eigenvalue weighted by atomic mass is 10.3. The van der Waals surface area contributed by atoms with Gasteiger partial charge in [-0.1, -0.05) is 0 Å². The van der Waals surface area contributed by atoms with Gasteiger partial charge in [0, 0.05) is 14.1 Å². The van der Waals surface area contributed by atoms with Crippen molar-refractivity contribution >= 4 is 11.9 Å². The summed E-state index contributed by atoms with van der Waals surface area (Å²) in [5.74, 6) is -1.16. The molecule has 0 aliphatic heterocycles. The molecule has 6 heteroatoms. The van der Waals surface area contributed by atoms with Crippen LogP contribution in [-0.2, 0) is 11.3 Å². The zero-order valence-corrected chi connectivity index (χ0v) is 8.89. The Kier molecular flexibility index (Phi) is 3.08. The molecule has 0 unspecified atom stereocenters. The van der Waals surface area contributed by atoms with Crippen LogP contribution in [0.15, 0.2) is 6.20 Å². The van der Waals surface area contributed by atoms with Crippen molar-refractivity contribution in [2.24, 2.45) is 0 Å². The molecule has 15 heavy (non-hydrogen) atoms. The first kappa shape index (κ1) is 11.2. The van der Waals surface area contributed by atoms with Gasteiger partial charge in [0.15, 0.2) is 0 Å². The second-order valence-corrected chi connectivity index (χ2v) is 3.39. The Hall–Kier alpha value is -1.85. The monoisotopic (exact) mass is 211 g/mol. The third kappa shape index (κ3) is 2.34. The Morgan fingerprint density at radius 2 is 2.13 bits per heavy atom. The van der Waals surface area contributed by atoms with Gasteiger partial charge in [0.1, 0.15) is 12.1 Å². The number of hydrogen-bond acceptors (Lipinski definition) is 3. The summed E-state index contributed by atoms with van der Waals surface area (Å²) in [7, 11) is 3.28. The third-order valence-electron chi connectivity index (χ3n) is 2.12. The number of rotatable bonds is 3. The van der Waals surface area contributed by atoms with Gasteiger partial charge in [-0.15, -0.1) is 0 Å². The molecule has 0 aliphatic rings. The maximum absolute atomic E-state index is 11.4. The minimum Gasteiger partial charge on any atom is -0.478 e. The molecule has 1 rings (SSSR count). The maximum atomic E-state index is 11.4. The van der Waals surface area contributed by atoms with E-state index in [0.29, 0.717) is 5.69 Å². The first-order valence-electron chi connectivity index (χ1n) is 4.39. The molecule has 0 radical (unpaired) electrons. The quantitative estimate of drug-likeness (QED) is 0.762. The van der Waals surface area contributed by atoms with Crippen LogP contribution < -0.4 is 0 Å². The predicted molar refractivity (Wildman–Crippen MR) is 52.6 cm³/mol. The minimum atomic E-state index is -1.03. The number of carbonyl (C=O) groups excluding carboxylic acids is 1. The van der Waals surface area contributed by atoms with E-state index in [1.54, 1.807) is 21.0 Å². The van der Waals surface area contributed by atoms with Crippen LogP contribution in [0, 0.1) is 6.92 Å². The first-order valence-corrected chi connectivity index (χ1v) is 4.39. The second-order valence-electron chi connectivity index (χ2n) is 3.39. The molecule has 0 fully saturated rings. The Morgan fingerprint density at radius 3 is 2.53 bits per heavy atom. The summed E-state index contributed by atoms with van der Waals surface area (Å²) in [6.45, 7) is 1.69. The molecule has 0 saturated heterocycles. The van der Waals surface area contributed by atoms with E-state index >= 15 is 0 Å². The third-order valence-corrected chi connectivity index (χ3v) is 2.12. The smallest absolute Gasteiger partial charge is 0.339 e. The van der Waals surface area contributed by atoms with Gasteiger partial charge in [0.2, 0.25) is 5.91 Å². The summed E-state index contributed by atoms with van der Waals surface area (Å²) < 4.78 is 1.38. The highest BCUT2D eigenvalue weighted by molar-refractivity contribution is 5.88. The lowest BCUT2D eigenvalue weighted by Crippen LogP contribution is -2.27. The zero-order chi connectivity index (χ0) is 11.6. The van der Waals surface area contributed by atoms with Crippen LogP contribution in [0.5, 0.6) is 0 Å². The molecular formula is C9H13N3O3. The minimum absolute atomic E-state index is 0.0616. The fraction of sp³-hybridized carbons (Fsp3) is 0.444. The van der Waals surface area contributed by atoms with Crippen molar-refractivity contribution in [1.29, 1.82) is 0 Å². The maximum Gasteiger partial charge on any atom is 0.339 e. The largest absolute Gasteiger partial charge is 0.478 e. The number of aromatic carboxylic acids is 1. The van der Waals surface area contributed by atoms with Crippen molar-refractivity contribution in [3.8, 4) is 0 Å². The van der Waals surface area contributed by atoms with Crippen molar-refractivity contribution in [3.05, 3.63) is 17.5 Å². The van der Waals surface area contributed by atoms with Gasteiger partial charge in [-0.25, -0.2) is 4.79 Å². The molecule has 1 amide bonds. The topological polar surface area (TPSA) is 75.4 Å². The van der Waals surface area contributed by atoms with Crippen LogP contribution in [0.25, 0.3) is 0 Å². The fourth-order valence-corrected chi connectivity index (χ4v) is 1.09. The van der Waals surface area contributed by atoms with E-state index in [9.17, 15) is 9.59 Å². The molecule has 1 N–H and O–H groups in total. The molecule has 0 aromatic carbocycles. The van der Waals surface area contributed by atoms with E-state index in [0.717, 1.165) is 0 Å². The van der Waals surface area contributed by atoms with Gasteiger partial charge < -0.3 is 10.0 Å². The van der Waals surface area contributed by atoms with Gasteiger partial charge in [-0.05, 0) is 6.92 Å². The first-order chi connectivity index (χ1) is 6.93. The van der Waals surface area contributed by atoms with Crippen molar-refractivity contribution in [3.63, 3.8) is 0 Å². The predicted octanol–water partition coefficient (Wildman–Crippen LogP) is -0.0221. The Labute approximate surface area is 87.1 Å². The molecule has 6 nitrogen and oxygen atoms in total. The van der Waals surface area contributed by atoms with E-state index < -0.39 is 5.97 Å². The number of amides is 1. The van der Waals surface area contributed by atoms with E-state index in [1.165, 1.54) is 15.8 Å². The van der Waals surface area contributed by atoms with E-state index in [2.05, 4.69) is 5.10 Å². The molecule has 1 aromatic rings. The van der Waals surface area contributed by atoms with Crippen LogP contribution in [0.2, 0.25) is 0 Å². The summed E-state index contributed by atoms with van der Waals surface area (Å²) in [5.41, 5.74) is 0.610. The Balaban J connectivity index is 2.88. The number of likely N-dealkylation sites (N-methyl/N-ethyl adjacent to an activating group) is 1. The summed E-state index contributed by atoms with van der Waals surface area (Å²) in [4.78, 5) is 23.5. The van der Waals surface area contributed by atoms with Crippen LogP contribution >= 0.6 is 0 Å². The molecule has 0 saturated carbocycles. The van der Waals surface area contributed by atoms with Crippen LogP contribution in [0.4, 0.5) is 0 Å². The molecule has 0 spiro atoms. The van der Waals surface area contributed by atoms with Gasteiger partial charge in [-0.2, -0.15) is 5.10 Å². The fourth-order valence-electron chi connectivity index (χ4n) is 1.09. The summed E-state index contributed by atoms with van der Waals surface area (Å²) in [5, 5.41) is 12.6. The van der Waals surface area contributed by atoms with Gasteiger partial charge >= 0.3 is 5.97 Å². The lowest BCUT2D eigenvalue weighted by Gasteiger charge is -2.10. The van der Waals surface area contributed by atoms with Crippen molar-refractivity contribution in [2.45, 2.75) is 13.5 Å². The number of carboxylic acid groups (broad SMARTS) is 1. The molecular weight excluding hydrogens is 198 g/mol. The highest BCUT2D eigenvalue weighted by Crippen LogP contribution is 2.06. The number of carboxylic acids is 1. The SMILES string of the molecule is Cc1c(C(=O)O)cnn1CC(=O)N(C)C. The van der Waals surface area contributed by atoms with E-state index in [4.69, 9.17) is 5.11 Å². The van der Waals surface area contributed by atoms with E-state index in [-0.39, 0.29) is 18.0 Å². The zero-order valence-electron chi connectivity index (χ0n) is 8.89. The van der Waals surface area contributed by atoms with Gasteiger partial charge in [0.05, 0.1) is 11.9 Å². The van der Waals surface area contributed by atoms with Crippen molar-refractivity contribution < 1.29 is 14.7 Å². The molecule has 0 atom stereocenters. The van der Waals surface area contributed by atoms with Crippen LogP contribution in [-0.4, -0.2) is 45.8 Å². The Bertz CT molecular complexity index is 395. The second kappa shape index (κ2) is 4.12. The van der Waals surface area contributed by atoms with Crippen LogP contribution in [0.3, 0.4) is 0 Å². The molecule has 0 aliphatic carbocycles. The van der Waals surface area contributed by atoms with Gasteiger partial charge in [-0.3, -0.25) is 9.48 Å². The highest BCUT2D eigenvalue weighted by atomic mass is 16.4. The highest BCUT2D eigenvalue weighted by Gasteiger charge is 2.14. The average Bonchev–Trinajstić information content (AvgIpc) is 2.48. The normalized spacial score (nSPS) is 10.1. The van der Waals surface area contributed by atoms with Crippen molar-refractivity contribution in [1.82, 2.24) is 14.7 Å². The van der Waals surface area contributed by atoms with Crippen molar-refractivity contribution in [2.75, 3.05) is 14.1 Å². The summed E-state index contributed by atoms with van der Waals surface area (Å²) >= 11 is 0. The number of aromatic nitrogens is 2. The van der Waals surface area contributed by atoms with Gasteiger partial charge in [0.25, 0.3) is 0 Å². The average molecular weight is 211 g/mol.